The number of amides is 1. The zero-order valence-corrected chi connectivity index (χ0v) is 10.8. The average Bonchev–Trinajstić information content (AvgIpc) is 2.65. The number of benzene rings is 1. The van der Waals surface area contributed by atoms with Crippen molar-refractivity contribution in [2.24, 2.45) is 5.73 Å². The molecule has 92 valence electrons. The normalized spacial score (nSPS) is 15.6. The zero-order valence-electron chi connectivity index (χ0n) is 10.8. The first kappa shape index (κ1) is 12.1. The summed E-state index contributed by atoms with van der Waals surface area (Å²) in [7, 11) is 0. The van der Waals surface area contributed by atoms with Gasteiger partial charge in [-0.25, -0.2) is 0 Å². The second-order valence-electron chi connectivity index (χ2n) is 4.87. The monoisotopic (exact) mass is 232 g/mol. The first-order chi connectivity index (χ1) is 8.04. The third-order valence-corrected chi connectivity index (χ3v) is 3.64. The molecule has 3 nitrogen and oxygen atoms in total. The molecule has 0 saturated carbocycles. The van der Waals surface area contributed by atoms with Gasteiger partial charge in [0.05, 0.1) is 6.42 Å². The van der Waals surface area contributed by atoms with Crippen LogP contribution in [-0.2, 0) is 11.2 Å². The van der Waals surface area contributed by atoms with Crippen LogP contribution in [0.1, 0.15) is 48.1 Å². The highest BCUT2D eigenvalue weighted by molar-refractivity contribution is 6.00. The summed E-state index contributed by atoms with van der Waals surface area (Å²) < 4.78 is 0. The van der Waals surface area contributed by atoms with Crippen LogP contribution in [0, 0.1) is 13.8 Å². The summed E-state index contributed by atoms with van der Waals surface area (Å²) in [5.41, 5.74) is 11.9. The fourth-order valence-electron chi connectivity index (χ4n) is 2.53. The van der Waals surface area contributed by atoms with Gasteiger partial charge in [0.2, 0.25) is 5.91 Å². The van der Waals surface area contributed by atoms with E-state index >= 15 is 0 Å². The Morgan fingerprint density at radius 3 is 2.76 bits per heavy atom. The van der Waals surface area contributed by atoms with Crippen molar-refractivity contribution in [3.05, 3.63) is 28.3 Å². The zero-order chi connectivity index (χ0) is 12.6. The Morgan fingerprint density at radius 2 is 2.12 bits per heavy atom. The maximum Gasteiger partial charge on any atom is 0.228 e. The van der Waals surface area contributed by atoms with Gasteiger partial charge in [-0.05, 0) is 42.5 Å². The maximum absolute atomic E-state index is 11.4. The molecule has 1 heterocycles. The minimum Gasteiger partial charge on any atom is -0.325 e. The SMILES string of the molecule is CCCC(N)c1cc2c(c(C)c1C)NC(=O)C2. The van der Waals surface area contributed by atoms with E-state index in [0.29, 0.717) is 6.42 Å². The van der Waals surface area contributed by atoms with Gasteiger partial charge in [-0.2, -0.15) is 0 Å². The van der Waals surface area contributed by atoms with Crippen molar-refractivity contribution in [3.63, 3.8) is 0 Å². The summed E-state index contributed by atoms with van der Waals surface area (Å²) in [6, 6.07) is 2.19. The van der Waals surface area contributed by atoms with E-state index in [4.69, 9.17) is 5.73 Å². The Kier molecular flexibility index (Phi) is 3.20. The molecule has 1 aliphatic heterocycles. The lowest BCUT2D eigenvalue weighted by Crippen LogP contribution is -2.12. The van der Waals surface area contributed by atoms with E-state index in [1.165, 1.54) is 11.1 Å². The van der Waals surface area contributed by atoms with Crippen molar-refractivity contribution in [3.8, 4) is 0 Å². The highest BCUT2D eigenvalue weighted by Gasteiger charge is 2.23. The molecule has 2 rings (SSSR count). The fourth-order valence-corrected chi connectivity index (χ4v) is 2.53. The van der Waals surface area contributed by atoms with Crippen LogP contribution in [0.25, 0.3) is 0 Å². The first-order valence-corrected chi connectivity index (χ1v) is 6.23. The quantitative estimate of drug-likeness (QED) is 0.841. The summed E-state index contributed by atoms with van der Waals surface area (Å²) in [5.74, 6) is 0.0868. The van der Waals surface area contributed by atoms with E-state index in [1.54, 1.807) is 0 Å². The molecule has 3 heteroatoms. The van der Waals surface area contributed by atoms with Gasteiger partial charge < -0.3 is 11.1 Å². The summed E-state index contributed by atoms with van der Waals surface area (Å²) >= 11 is 0. The molecular weight excluding hydrogens is 212 g/mol. The molecule has 3 N–H and O–H groups in total. The third-order valence-electron chi connectivity index (χ3n) is 3.64. The van der Waals surface area contributed by atoms with Crippen molar-refractivity contribution >= 4 is 11.6 Å². The average molecular weight is 232 g/mol. The Hall–Kier alpha value is -1.35. The number of carbonyl (C=O) groups excluding carboxylic acids is 1. The molecule has 1 aromatic carbocycles. The van der Waals surface area contributed by atoms with Gasteiger partial charge in [-0.15, -0.1) is 0 Å². The van der Waals surface area contributed by atoms with Crippen LogP contribution in [-0.4, -0.2) is 5.91 Å². The van der Waals surface area contributed by atoms with Crippen LogP contribution >= 0.6 is 0 Å². The highest BCUT2D eigenvalue weighted by Crippen LogP contribution is 2.34. The second-order valence-corrected chi connectivity index (χ2v) is 4.87. The molecule has 1 atom stereocenters. The van der Waals surface area contributed by atoms with Crippen LogP contribution < -0.4 is 11.1 Å². The molecule has 0 aliphatic carbocycles. The molecule has 0 fully saturated rings. The van der Waals surface area contributed by atoms with Gasteiger partial charge in [0, 0.05) is 11.7 Å². The van der Waals surface area contributed by atoms with Gasteiger partial charge in [0.1, 0.15) is 0 Å². The van der Waals surface area contributed by atoms with Crippen LogP contribution in [0.5, 0.6) is 0 Å². The van der Waals surface area contributed by atoms with E-state index in [-0.39, 0.29) is 11.9 Å². The third kappa shape index (κ3) is 2.07. The van der Waals surface area contributed by atoms with E-state index < -0.39 is 0 Å². The lowest BCUT2D eigenvalue weighted by Gasteiger charge is -2.18. The standard InChI is InChI=1S/C14H20N2O/c1-4-5-12(15)11-6-10-7-13(17)16-14(10)9(3)8(11)2/h6,12H,4-5,7,15H2,1-3H3,(H,16,17). The Labute approximate surface area is 102 Å². The molecule has 0 spiro atoms. The number of rotatable bonds is 3. The first-order valence-electron chi connectivity index (χ1n) is 6.23. The van der Waals surface area contributed by atoms with Crippen LogP contribution in [0.2, 0.25) is 0 Å². The molecule has 0 bridgehead atoms. The molecule has 1 aliphatic rings. The number of hydrogen-bond acceptors (Lipinski definition) is 2. The van der Waals surface area contributed by atoms with E-state index in [1.807, 2.05) is 0 Å². The summed E-state index contributed by atoms with van der Waals surface area (Å²) in [6.07, 6.45) is 2.55. The lowest BCUT2D eigenvalue weighted by molar-refractivity contribution is -0.115. The highest BCUT2D eigenvalue weighted by atomic mass is 16.1. The van der Waals surface area contributed by atoms with E-state index in [2.05, 4.69) is 32.2 Å². The maximum atomic E-state index is 11.4. The minimum atomic E-state index is 0.0831. The smallest absolute Gasteiger partial charge is 0.228 e. The Morgan fingerprint density at radius 1 is 1.41 bits per heavy atom. The number of nitrogens with one attached hydrogen (secondary N) is 1. The molecular formula is C14H20N2O. The fraction of sp³-hybridized carbons (Fsp3) is 0.500. The lowest BCUT2D eigenvalue weighted by atomic mass is 9.91. The predicted molar refractivity (Wildman–Crippen MR) is 70.1 cm³/mol. The van der Waals surface area contributed by atoms with Crippen LogP contribution in [0.3, 0.4) is 0 Å². The molecule has 1 aromatic rings. The van der Waals surface area contributed by atoms with Crippen LogP contribution in [0.15, 0.2) is 6.07 Å². The number of fused-ring (bicyclic) bond motifs is 1. The molecule has 0 aromatic heterocycles. The van der Waals surface area contributed by atoms with E-state index in [0.717, 1.165) is 29.7 Å². The minimum absolute atomic E-state index is 0.0831. The molecule has 0 radical (unpaired) electrons. The van der Waals surface area contributed by atoms with Crippen molar-refractivity contribution in [1.29, 1.82) is 0 Å². The summed E-state index contributed by atoms with van der Waals surface area (Å²) in [6.45, 7) is 6.29. The topological polar surface area (TPSA) is 55.1 Å². The summed E-state index contributed by atoms with van der Waals surface area (Å²) in [5, 5.41) is 2.92. The van der Waals surface area contributed by atoms with Gasteiger partial charge >= 0.3 is 0 Å². The molecule has 17 heavy (non-hydrogen) atoms. The largest absolute Gasteiger partial charge is 0.325 e. The molecule has 1 unspecified atom stereocenters. The van der Waals surface area contributed by atoms with Gasteiger partial charge in [0.25, 0.3) is 0 Å². The van der Waals surface area contributed by atoms with Crippen molar-refractivity contribution in [1.82, 2.24) is 0 Å². The van der Waals surface area contributed by atoms with Crippen LogP contribution in [0.4, 0.5) is 5.69 Å². The van der Waals surface area contributed by atoms with Crippen molar-refractivity contribution in [2.75, 3.05) is 5.32 Å². The summed E-state index contributed by atoms with van der Waals surface area (Å²) in [4.78, 5) is 11.4. The van der Waals surface area contributed by atoms with Gasteiger partial charge in [-0.1, -0.05) is 19.4 Å². The van der Waals surface area contributed by atoms with Gasteiger partial charge in [-0.3, -0.25) is 4.79 Å². The number of hydrogen-bond donors (Lipinski definition) is 2. The van der Waals surface area contributed by atoms with Gasteiger partial charge in [0.15, 0.2) is 0 Å². The number of anilines is 1. The molecule has 0 saturated heterocycles. The Balaban J connectivity index is 2.46. The number of carbonyl (C=O) groups is 1. The second kappa shape index (κ2) is 4.49. The van der Waals surface area contributed by atoms with E-state index in [9.17, 15) is 4.79 Å². The predicted octanol–water partition coefficient (Wildman–Crippen LogP) is 2.60. The number of nitrogens with two attached hydrogens (primary N) is 1. The van der Waals surface area contributed by atoms with Crippen molar-refractivity contribution in [2.45, 2.75) is 46.1 Å². The molecule has 1 amide bonds. The van der Waals surface area contributed by atoms with Crippen molar-refractivity contribution < 1.29 is 4.79 Å². The Bertz CT molecular complexity index is 466.